The van der Waals surface area contributed by atoms with Crippen LogP contribution < -0.4 is 11.1 Å². The van der Waals surface area contributed by atoms with Gasteiger partial charge < -0.3 is 11.1 Å². The van der Waals surface area contributed by atoms with Crippen LogP contribution in [0.3, 0.4) is 0 Å². The first-order chi connectivity index (χ1) is 6.27. The van der Waals surface area contributed by atoms with Gasteiger partial charge >= 0.3 is 6.03 Å². The SMILES string of the molecule is N#CCNC(N)=O.c1cncnc1. The number of hydrogen-bond donors (Lipinski definition) is 2. The summed E-state index contributed by atoms with van der Waals surface area (Å²) in [6.45, 7) is -0.0185. The smallest absolute Gasteiger partial charge is 0.313 e. The molecule has 0 aliphatic carbocycles. The van der Waals surface area contributed by atoms with Gasteiger partial charge in [0.25, 0.3) is 0 Å². The van der Waals surface area contributed by atoms with Crippen LogP contribution in [0.4, 0.5) is 4.79 Å². The van der Waals surface area contributed by atoms with Crippen LogP contribution in [0.1, 0.15) is 0 Å². The first kappa shape index (κ1) is 10.8. The number of urea groups is 1. The van der Waals surface area contributed by atoms with E-state index in [1.165, 1.54) is 6.33 Å². The zero-order valence-corrected chi connectivity index (χ0v) is 6.84. The van der Waals surface area contributed by atoms with Gasteiger partial charge in [-0.05, 0) is 6.07 Å². The van der Waals surface area contributed by atoms with E-state index in [2.05, 4.69) is 21.0 Å². The number of carbonyl (C=O) groups is 1. The fourth-order valence-electron chi connectivity index (χ4n) is 0.380. The number of nitrogens with one attached hydrogen (secondary N) is 1. The van der Waals surface area contributed by atoms with Crippen molar-refractivity contribution in [2.45, 2.75) is 0 Å². The van der Waals surface area contributed by atoms with Crippen molar-refractivity contribution < 1.29 is 4.79 Å². The molecule has 0 saturated heterocycles. The van der Waals surface area contributed by atoms with E-state index in [0.29, 0.717) is 0 Å². The molecule has 0 radical (unpaired) electrons. The summed E-state index contributed by atoms with van der Waals surface area (Å²) >= 11 is 0. The molecule has 0 aromatic carbocycles. The number of rotatable bonds is 1. The third-order valence-electron chi connectivity index (χ3n) is 0.819. The van der Waals surface area contributed by atoms with Crippen molar-refractivity contribution in [2.24, 2.45) is 5.73 Å². The van der Waals surface area contributed by atoms with Crippen LogP contribution in [0.2, 0.25) is 0 Å². The van der Waals surface area contributed by atoms with Crippen LogP contribution in [-0.4, -0.2) is 22.5 Å². The van der Waals surface area contributed by atoms with Crippen LogP contribution in [0.25, 0.3) is 0 Å². The van der Waals surface area contributed by atoms with Gasteiger partial charge in [-0.25, -0.2) is 14.8 Å². The maximum atomic E-state index is 9.72. The molecule has 0 fully saturated rings. The minimum absolute atomic E-state index is 0.0185. The molecule has 1 aromatic rings. The van der Waals surface area contributed by atoms with E-state index in [1.807, 2.05) is 0 Å². The molecule has 0 spiro atoms. The Morgan fingerprint density at radius 3 is 2.31 bits per heavy atom. The summed E-state index contributed by atoms with van der Waals surface area (Å²) < 4.78 is 0. The highest BCUT2D eigenvalue weighted by atomic mass is 16.2. The average Bonchev–Trinajstić information content (AvgIpc) is 2.18. The summed E-state index contributed by atoms with van der Waals surface area (Å²) in [7, 11) is 0. The Morgan fingerprint density at radius 1 is 1.54 bits per heavy atom. The third-order valence-corrected chi connectivity index (χ3v) is 0.819. The normalized spacial score (nSPS) is 7.31. The topological polar surface area (TPSA) is 105 Å². The monoisotopic (exact) mass is 179 g/mol. The van der Waals surface area contributed by atoms with E-state index in [1.54, 1.807) is 24.5 Å². The zero-order valence-electron chi connectivity index (χ0n) is 6.84. The molecule has 1 rings (SSSR count). The van der Waals surface area contributed by atoms with Crippen molar-refractivity contribution in [3.63, 3.8) is 0 Å². The largest absolute Gasteiger partial charge is 0.352 e. The lowest BCUT2D eigenvalue weighted by molar-refractivity contribution is 0.250. The predicted molar refractivity (Wildman–Crippen MR) is 45.2 cm³/mol. The Hall–Kier alpha value is -2.16. The predicted octanol–water partition coefficient (Wildman–Crippen LogP) is -0.345. The molecule has 0 aliphatic rings. The molecule has 2 amide bonds. The van der Waals surface area contributed by atoms with Gasteiger partial charge in [0.2, 0.25) is 0 Å². The molecule has 0 unspecified atom stereocenters. The second-order valence-corrected chi connectivity index (χ2v) is 1.78. The first-order valence-electron chi connectivity index (χ1n) is 3.37. The van der Waals surface area contributed by atoms with Crippen LogP contribution in [-0.2, 0) is 0 Å². The summed E-state index contributed by atoms with van der Waals surface area (Å²) in [6.07, 6.45) is 4.88. The van der Waals surface area contributed by atoms with Gasteiger partial charge in [-0.1, -0.05) is 0 Å². The summed E-state index contributed by atoms with van der Waals surface area (Å²) in [5.41, 5.74) is 4.58. The number of nitriles is 1. The molecule has 3 N–H and O–H groups in total. The standard InChI is InChI=1S/C4H4N2.C3H5N3O/c1-2-5-4-6-3-1;4-1-2-6-3(5)7/h1-4H;2H2,(H3,5,6,7). The molecule has 13 heavy (non-hydrogen) atoms. The zero-order chi connectivity index (χ0) is 9.94. The van der Waals surface area contributed by atoms with Crippen LogP contribution in [0.5, 0.6) is 0 Å². The Bertz CT molecular complexity index is 241. The van der Waals surface area contributed by atoms with Gasteiger partial charge in [0, 0.05) is 12.4 Å². The van der Waals surface area contributed by atoms with Gasteiger partial charge in [0.15, 0.2) is 0 Å². The van der Waals surface area contributed by atoms with E-state index in [4.69, 9.17) is 5.26 Å². The maximum absolute atomic E-state index is 9.72. The molecular weight excluding hydrogens is 170 g/mol. The lowest BCUT2D eigenvalue weighted by atomic mass is 10.7. The Morgan fingerprint density at radius 2 is 2.15 bits per heavy atom. The van der Waals surface area contributed by atoms with Crippen LogP contribution in [0.15, 0.2) is 24.8 Å². The average molecular weight is 179 g/mol. The number of nitrogens with two attached hydrogens (primary N) is 1. The lowest BCUT2D eigenvalue weighted by Crippen LogP contribution is -2.29. The minimum Gasteiger partial charge on any atom is -0.352 e. The van der Waals surface area contributed by atoms with E-state index < -0.39 is 6.03 Å². The highest BCUT2D eigenvalue weighted by molar-refractivity contribution is 5.71. The number of aromatic nitrogens is 2. The molecule has 6 heteroatoms. The third kappa shape index (κ3) is 9.84. The molecule has 0 aliphatic heterocycles. The summed E-state index contributed by atoms with van der Waals surface area (Å²) in [5.74, 6) is 0. The summed E-state index contributed by atoms with van der Waals surface area (Å²) in [4.78, 5) is 17.1. The van der Waals surface area contributed by atoms with Crippen LogP contribution >= 0.6 is 0 Å². The molecule has 0 atom stereocenters. The lowest BCUT2D eigenvalue weighted by Gasteiger charge is -1.86. The first-order valence-corrected chi connectivity index (χ1v) is 3.37. The number of amides is 2. The van der Waals surface area contributed by atoms with Gasteiger partial charge in [0.1, 0.15) is 12.9 Å². The number of carbonyl (C=O) groups excluding carboxylic acids is 1. The van der Waals surface area contributed by atoms with E-state index in [0.717, 1.165) is 0 Å². The van der Waals surface area contributed by atoms with Crippen molar-refractivity contribution in [1.29, 1.82) is 5.26 Å². The molecule has 0 bridgehead atoms. The van der Waals surface area contributed by atoms with Crippen molar-refractivity contribution in [1.82, 2.24) is 15.3 Å². The van der Waals surface area contributed by atoms with Gasteiger partial charge in [-0.15, -0.1) is 0 Å². The van der Waals surface area contributed by atoms with E-state index in [9.17, 15) is 4.79 Å². The van der Waals surface area contributed by atoms with E-state index in [-0.39, 0.29) is 6.54 Å². The highest BCUT2D eigenvalue weighted by Gasteiger charge is 1.83. The Labute approximate surface area is 75.4 Å². The van der Waals surface area contributed by atoms with Crippen LogP contribution in [0, 0.1) is 11.3 Å². The summed E-state index contributed by atoms with van der Waals surface area (Å²) in [6, 6.07) is 2.80. The van der Waals surface area contributed by atoms with Crippen molar-refractivity contribution in [3.8, 4) is 6.07 Å². The molecule has 1 aromatic heterocycles. The summed E-state index contributed by atoms with van der Waals surface area (Å²) in [5, 5.41) is 9.87. The molecule has 68 valence electrons. The molecule has 0 saturated carbocycles. The second-order valence-electron chi connectivity index (χ2n) is 1.78. The Balaban J connectivity index is 0.000000223. The van der Waals surface area contributed by atoms with Gasteiger partial charge in [0.05, 0.1) is 6.07 Å². The number of hydrogen-bond acceptors (Lipinski definition) is 4. The van der Waals surface area contributed by atoms with Crippen molar-refractivity contribution in [3.05, 3.63) is 24.8 Å². The maximum Gasteiger partial charge on any atom is 0.313 e. The fourth-order valence-corrected chi connectivity index (χ4v) is 0.380. The Kier molecular flexibility index (Phi) is 6.62. The van der Waals surface area contributed by atoms with Crippen molar-refractivity contribution in [2.75, 3.05) is 6.54 Å². The van der Waals surface area contributed by atoms with E-state index >= 15 is 0 Å². The van der Waals surface area contributed by atoms with Gasteiger partial charge in [-0.2, -0.15) is 5.26 Å². The quantitative estimate of drug-likeness (QED) is 0.575. The fraction of sp³-hybridized carbons (Fsp3) is 0.143. The number of primary amides is 1. The van der Waals surface area contributed by atoms with Crippen molar-refractivity contribution >= 4 is 6.03 Å². The highest BCUT2D eigenvalue weighted by Crippen LogP contribution is 1.66. The second kappa shape index (κ2) is 7.94. The van der Waals surface area contributed by atoms with Gasteiger partial charge in [-0.3, -0.25) is 0 Å². The molecule has 6 nitrogen and oxygen atoms in total. The molecular formula is C7H9N5O. The number of nitrogens with zero attached hydrogens (tertiary/aromatic N) is 3. The minimum atomic E-state index is -0.665. The molecule has 1 heterocycles.